The number of imidazole rings is 1. The van der Waals surface area contributed by atoms with Gasteiger partial charge in [0.25, 0.3) is 0 Å². The molecule has 166 valence electrons. The Kier molecular flexibility index (Phi) is 6.64. The molecule has 0 atom stereocenters. The second kappa shape index (κ2) is 9.77. The summed E-state index contributed by atoms with van der Waals surface area (Å²) in [6, 6.07) is 22.2. The van der Waals surface area contributed by atoms with Crippen LogP contribution in [0, 0.1) is 6.92 Å². The molecule has 0 fully saturated rings. The van der Waals surface area contributed by atoms with Gasteiger partial charge >= 0.3 is 0 Å². The highest BCUT2D eigenvalue weighted by atomic mass is 16.5. The zero-order valence-corrected chi connectivity index (χ0v) is 19.2. The molecule has 4 rings (SSSR count). The van der Waals surface area contributed by atoms with Gasteiger partial charge in [-0.1, -0.05) is 50.2 Å². The Labute approximate surface area is 189 Å². The molecule has 1 aromatic heterocycles. The summed E-state index contributed by atoms with van der Waals surface area (Å²) in [4.78, 5) is 4.81. The summed E-state index contributed by atoms with van der Waals surface area (Å²) in [5.41, 5.74) is 4.45. The Morgan fingerprint density at radius 2 is 1.62 bits per heavy atom. The monoisotopic (exact) mass is 430 g/mol. The maximum atomic E-state index is 6.25. The molecule has 0 unspecified atom stereocenters. The Balaban J connectivity index is 1.54. The predicted octanol–water partition coefficient (Wildman–Crippen LogP) is 6.13. The number of ether oxygens (including phenoxy) is 3. The lowest BCUT2D eigenvalue weighted by Gasteiger charge is -2.16. The molecule has 0 aliphatic carbocycles. The van der Waals surface area contributed by atoms with Crippen molar-refractivity contribution in [3.8, 4) is 17.2 Å². The van der Waals surface area contributed by atoms with Crippen LogP contribution in [0.4, 0.5) is 0 Å². The van der Waals surface area contributed by atoms with Gasteiger partial charge in [0.1, 0.15) is 24.8 Å². The summed E-state index contributed by atoms with van der Waals surface area (Å²) in [6.07, 6.45) is 0. The molecule has 0 spiro atoms. The van der Waals surface area contributed by atoms with Gasteiger partial charge in [0.15, 0.2) is 11.5 Å². The van der Waals surface area contributed by atoms with Crippen molar-refractivity contribution in [2.75, 3.05) is 13.7 Å². The molecule has 3 aromatic carbocycles. The van der Waals surface area contributed by atoms with Gasteiger partial charge in [0, 0.05) is 0 Å². The van der Waals surface area contributed by atoms with Crippen molar-refractivity contribution in [1.82, 2.24) is 9.55 Å². The van der Waals surface area contributed by atoms with E-state index in [2.05, 4.69) is 49.6 Å². The van der Waals surface area contributed by atoms with E-state index in [4.69, 9.17) is 19.2 Å². The van der Waals surface area contributed by atoms with E-state index in [0.29, 0.717) is 37.2 Å². The SMILES string of the molecule is COc1ccccc1OCc1nc2ccccc2n1CCOc1cc(C)ccc1C(C)C. The number of fused-ring (bicyclic) bond motifs is 1. The van der Waals surface area contributed by atoms with Gasteiger partial charge in [-0.15, -0.1) is 0 Å². The fourth-order valence-electron chi connectivity index (χ4n) is 3.86. The third-order valence-electron chi connectivity index (χ3n) is 5.52. The molecule has 0 saturated heterocycles. The average Bonchev–Trinajstić information content (AvgIpc) is 3.15. The summed E-state index contributed by atoms with van der Waals surface area (Å²) in [7, 11) is 1.64. The molecule has 1 heterocycles. The van der Waals surface area contributed by atoms with Crippen LogP contribution in [0.15, 0.2) is 66.7 Å². The van der Waals surface area contributed by atoms with Crippen molar-refractivity contribution in [1.29, 1.82) is 0 Å². The molecule has 0 radical (unpaired) electrons. The fourth-order valence-corrected chi connectivity index (χ4v) is 3.86. The van der Waals surface area contributed by atoms with Crippen LogP contribution < -0.4 is 14.2 Å². The van der Waals surface area contributed by atoms with Gasteiger partial charge in [-0.2, -0.15) is 0 Å². The van der Waals surface area contributed by atoms with E-state index in [9.17, 15) is 0 Å². The molecule has 0 N–H and O–H groups in total. The molecule has 5 nitrogen and oxygen atoms in total. The maximum absolute atomic E-state index is 6.25. The van der Waals surface area contributed by atoms with Crippen molar-refractivity contribution >= 4 is 11.0 Å². The number of nitrogens with zero attached hydrogens (tertiary/aromatic N) is 2. The van der Waals surface area contributed by atoms with E-state index in [1.165, 1.54) is 11.1 Å². The first-order valence-electron chi connectivity index (χ1n) is 11.0. The standard InChI is InChI=1S/C27H30N2O3/c1-19(2)21-14-13-20(3)17-26(21)31-16-15-29-23-10-6-5-9-22(23)28-27(29)18-32-25-12-8-7-11-24(25)30-4/h5-14,17,19H,15-16,18H2,1-4H3. The Bertz CT molecular complexity index is 1200. The third kappa shape index (κ3) is 4.72. The summed E-state index contributed by atoms with van der Waals surface area (Å²) in [6.45, 7) is 8.04. The topological polar surface area (TPSA) is 45.5 Å². The second-order valence-electron chi connectivity index (χ2n) is 8.15. The molecule has 0 amide bonds. The van der Waals surface area contributed by atoms with Crippen molar-refractivity contribution < 1.29 is 14.2 Å². The molecule has 5 heteroatoms. The molecule has 0 aliphatic heterocycles. The third-order valence-corrected chi connectivity index (χ3v) is 5.52. The van der Waals surface area contributed by atoms with Crippen molar-refractivity contribution in [2.24, 2.45) is 0 Å². The minimum absolute atomic E-state index is 0.344. The van der Waals surface area contributed by atoms with E-state index in [1.807, 2.05) is 42.5 Å². The van der Waals surface area contributed by atoms with E-state index < -0.39 is 0 Å². The van der Waals surface area contributed by atoms with Crippen molar-refractivity contribution in [3.05, 3.63) is 83.7 Å². The van der Waals surface area contributed by atoms with Crippen LogP contribution in [-0.2, 0) is 13.2 Å². The van der Waals surface area contributed by atoms with Crippen LogP contribution in [0.2, 0.25) is 0 Å². The van der Waals surface area contributed by atoms with Gasteiger partial charge in [-0.05, 0) is 54.3 Å². The van der Waals surface area contributed by atoms with Crippen LogP contribution in [0.5, 0.6) is 17.2 Å². The lowest BCUT2D eigenvalue weighted by Crippen LogP contribution is -2.13. The lowest BCUT2D eigenvalue weighted by molar-refractivity contribution is 0.261. The van der Waals surface area contributed by atoms with Gasteiger partial charge in [-0.3, -0.25) is 0 Å². The summed E-state index contributed by atoms with van der Waals surface area (Å²) < 4.78 is 19.9. The minimum atomic E-state index is 0.344. The van der Waals surface area contributed by atoms with Crippen molar-refractivity contribution in [2.45, 2.75) is 39.8 Å². The zero-order valence-electron chi connectivity index (χ0n) is 19.2. The van der Waals surface area contributed by atoms with Crippen LogP contribution >= 0.6 is 0 Å². The number of hydrogen-bond acceptors (Lipinski definition) is 4. The van der Waals surface area contributed by atoms with Crippen LogP contribution in [0.25, 0.3) is 11.0 Å². The molecule has 0 bridgehead atoms. The number of methoxy groups -OCH3 is 1. The highest BCUT2D eigenvalue weighted by Gasteiger charge is 2.14. The Hall–Kier alpha value is -3.47. The van der Waals surface area contributed by atoms with Crippen LogP contribution in [0.3, 0.4) is 0 Å². The Morgan fingerprint density at radius 1 is 0.875 bits per heavy atom. The number of rotatable bonds is 9. The fraction of sp³-hybridized carbons (Fsp3) is 0.296. The quantitative estimate of drug-likeness (QED) is 0.320. The summed E-state index contributed by atoms with van der Waals surface area (Å²) in [5.74, 6) is 3.63. The molecular weight excluding hydrogens is 400 g/mol. The number of para-hydroxylation sites is 4. The van der Waals surface area contributed by atoms with Gasteiger partial charge in [0.2, 0.25) is 0 Å². The molecule has 0 saturated carbocycles. The maximum Gasteiger partial charge on any atom is 0.161 e. The minimum Gasteiger partial charge on any atom is -0.493 e. The molecule has 0 aliphatic rings. The predicted molar refractivity (Wildman–Crippen MR) is 128 cm³/mol. The summed E-state index contributed by atoms with van der Waals surface area (Å²) >= 11 is 0. The molecule has 32 heavy (non-hydrogen) atoms. The first-order valence-corrected chi connectivity index (χ1v) is 11.0. The van der Waals surface area contributed by atoms with Gasteiger partial charge < -0.3 is 18.8 Å². The van der Waals surface area contributed by atoms with E-state index >= 15 is 0 Å². The first-order chi connectivity index (χ1) is 15.6. The number of aromatic nitrogens is 2. The first kappa shape index (κ1) is 21.8. The summed E-state index contributed by atoms with van der Waals surface area (Å²) in [5, 5.41) is 0. The van der Waals surface area contributed by atoms with E-state index in [0.717, 1.165) is 22.6 Å². The normalized spacial score (nSPS) is 11.2. The van der Waals surface area contributed by atoms with Gasteiger partial charge in [-0.25, -0.2) is 4.98 Å². The molecular formula is C27H30N2O3. The highest BCUT2D eigenvalue weighted by molar-refractivity contribution is 5.75. The van der Waals surface area contributed by atoms with Crippen LogP contribution in [-0.4, -0.2) is 23.3 Å². The van der Waals surface area contributed by atoms with Crippen molar-refractivity contribution in [3.63, 3.8) is 0 Å². The average molecular weight is 431 g/mol. The number of benzene rings is 3. The van der Waals surface area contributed by atoms with E-state index in [-0.39, 0.29) is 0 Å². The second-order valence-corrected chi connectivity index (χ2v) is 8.15. The van der Waals surface area contributed by atoms with Gasteiger partial charge in [0.05, 0.1) is 24.7 Å². The smallest absolute Gasteiger partial charge is 0.161 e. The number of aryl methyl sites for hydroxylation is 1. The van der Waals surface area contributed by atoms with E-state index in [1.54, 1.807) is 7.11 Å². The highest BCUT2D eigenvalue weighted by Crippen LogP contribution is 2.29. The zero-order chi connectivity index (χ0) is 22.5. The lowest BCUT2D eigenvalue weighted by atomic mass is 10.0. The Morgan fingerprint density at radius 3 is 2.41 bits per heavy atom. The number of hydrogen-bond donors (Lipinski definition) is 0. The molecule has 4 aromatic rings. The largest absolute Gasteiger partial charge is 0.493 e. The van der Waals surface area contributed by atoms with Crippen LogP contribution in [0.1, 0.15) is 36.7 Å².